The van der Waals surface area contributed by atoms with E-state index in [-0.39, 0.29) is 26.4 Å². The zero-order valence-corrected chi connectivity index (χ0v) is 30.3. The minimum atomic E-state index is -1.26. The highest BCUT2D eigenvalue weighted by molar-refractivity contribution is 6.10. The van der Waals surface area contributed by atoms with Gasteiger partial charge in [-0.15, -0.1) is 6.10 Å². The van der Waals surface area contributed by atoms with E-state index in [1.54, 1.807) is 76.2 Å². The number of hydrogen-bond donors (Lipinski definition) is 5. The molecular weight excluding hydrogens is 696 g/mol. The van der Waals surface area contributed by atoms with Crippen molar-refractivity contribution >= 4 is 68.2 Å². The first-order valence-corrected chi connectivity index (χ1v) is 18.3. The molecule has 0 radical (unpaired) electrons. The number of carbonyl (C=O) groups is 4. The summed E-state index contributed by atoms with van der Waals surface area (Å²) in [6, 6.07) is 13.5. The monoisotopic (exact) mass is 739 g/mol. The van der Waals surface area contributed by atoms with E-state index >= 15 is 0 Å². The Bertz CT molecular complexity index is 1900. The third-order valence-electron chi connectivity index (χ3n) is 10.4. The fourth-order valence-electron chi connectivity index (χ4n) is 8.04. The van der Waals surface area contributed by atoms with Crippen LogP contribution in [0.1, 0.15) is 50.7 Å². The first kappa shape index (κ1) is 36.7. The Morgan fingerprint density at radius 2 is 0.852 bits per heavy atom. The number of ether oxygens (including phenoxy) is 4. The van der Waals surface area contributed by atoms with Crippen molar-refractivity contribution in [1.29, 1.82) is 0 Å². The van der Waals surface area contributed by atoms with Crippen molar-refractivity contribution in [3.63, 3.8) is 0 Å². The van der Waals surface area contributed by atoms with Crippen molar-refractivity contribution in [3.05, 3.63) is 71.8 Å². The molecule has 0 spiro atoms. The van der Waals surface area contributed by atoms with E-state index in [9.17, 15) is 29.4 Å². The Hall–Kier alpha value is -5.60. The van der Waals surface area contributed by atoms with Crippen molar-refractivity contribution in [3.8, 4) is 0 Å². The summed E-state index contributed by atoms with van der Waals surface area (Å²) >= 11 is 0. The number of aliphatic hydroxyl groups excluding tert-OH is 1. The van der Waals surface area contributed by atoms with Crippen LogP contribution in [-0.4, -0.2) is 91.8 Å². The molecule has 4 aromatic rings. The minimum absolute atomic E-state index is 0.119. The molecule has 54 heavy (non-hydrogen) atoms. The number of benzene rings is 4. The first-order chi connectivity index (χ1) is 26.1. The predicted octanol–water partition coefficient (Wildman–Crippen LogP) is 3.37. The summed E-state index contributed by atoms with van der Waals surface area (Å²) in [6.45, 7) is 7.21. The molecule has 1 aliphatic carbocycles. The Morgan fingerprint density at radius 1 is 0.537 bits per heavy atom. The average molecular weight is 740 g/mol. The second-order valence-electron chi connectivity index (χ2n) is 13.4. The maximum absolute atomic E-state index is 14.4. The van der Waals surface area contributed by atoms with Gasteiger partial charge in [-0.3, -0.25) is 0 Å². The molecular formula is C40H43N4O10-. The van der Waals surface area contributed by atoms with E-state index in [0.717, 1.165) is 0 Å². The molecule has 6 atom stereocenters. The third-order valence-corrected chi connectivity index (χ3v) is 10.4. The summed E-state index contributed by atoms with van der Waals surface area (Å²) in [5.41, 5.74) is 3.46. The molecule has 4 aromatic carbocycles. The van der Waals surface area contributed by atoms with Gasteiger partial charge in [-0.25, -0.2) is 19.2 Å². The lowest BCUT2D eigenvalue weighted by atomic mass is 9.62. The Labute approximate surface area is 311 Å². The Morgan fingerprint density at radius 3 is 1.15 bits per heavy atom. The van der Waals surface area contributed by atoms with Crippen LogP contribution in [0.2, 0.25) is 0 Å². The topological polar surface area (TPSA) is 197 Å². The number of carbonyl (C=O) groups excluding carboxylic acids is 4. The van der Waals surface area contributed by atoms with Crippen LogP contribution in [0.3, 0.4) is 0 Å². The maximum Gasteiger partial charge on any atom is 0.331 e. The maximum atomic E-state index is 14.4. The van der Waals surface area contributed by atoms with Gasteiger partial charge < -0.3 is 50.4 Å². The molecule has 14 heteroatoms. The second kappa shape index (κ2) is 15.0. The highest BCUT2D eigenvalue weighted by Gasteiger charge is 2.47. The van der Waals surface area contributed by atoms with Crippen LogP contribution in [0.5, 0.6) is 0 Å². The van der Waals surface area contributed by atoms with Crippen LogP contribution in [-0.2, 0) is 38.1 Å². The number of hydrogen-bond acceptors (Lipinski definition) is 14. The lowest BCUT2D eigenvalue weighted by Gasteiger charge is -2.55. The quantitative estimate of drug-likeness (QED) is 0.117. The van der Waals surface area contributed by atoms with Crippen LogP contribution in [0.15, 0.2) is 60.7 Å². The molecule has 6 unspecified atom stereocenters. The molecule has 0 saturated heterocycles. The molecule has 14 nitrogen and oxygen atoms in total. The van der Waals surface area contributed by atoms with Crippen molar-refractivity contribution < 1.29 is 48.3 Å². The van der Waals surface area contributed by atoms with E-state index in [0.29, 0.717) is 55.4 Å². The molecule has 0 amide bonds. The molecule has 2 aliphatic heterocycles. The zero-order valence-electron chi connectivity index (χ0n) is 30.3. The van der Waals surface area contributed by atoms with Crippen LogP contribution in [0.25, 0.3) is 21.5 Å². The van der Waals surface area contributed by atoms with Gasteiger partial charge >= 0.3 is 23.9 Å². The summed E-state index contributed by atoms with van der Waals surface area (Å²) in [5.74, 6) is -4.09. The first-order valence-electron chi connectivity index (χ1n) is 18.3. The van der Waals surface area contributed by atoms with Crippen molar-refractivity contribution in [1.82, 2.24) is 0 Å². The van der Waals surface area contributed by atoms with E-state index in [1.807, 2.05) is 12.1 Å². The van der Waals surface area contributed by atoms with E-state index in [1.165, 1.54) is 0 Å². The molecule has 7 rings (SSSR count). The molecule has 3 aliphatic rings. The summed E-state index contributed by atoms with van der Waals surface area (Å²) in [5, 5.41) is 41.7. The number of aliphatic hydroxyl groups is 1. The largest absolute Gasteiger partial charge is 0.851 e. The summed E-state index contributed by atoms with van der Waals surface area (Å²) in [4.78, 5) is 52.4. The normalized spacial score (nSPS) is 25.3. The number of nitrogens with one attached hydrogen (secondary N) is 4. The smallest absolute Gasteiger partial charge is 0.331 e. The van der Waals surface area contributed by atoms with Crippen molar-refractivity contribution in [2.75, 3.05) is 47.7 Å². The van der Waals surface area contributed by atoms with E-state index in [2.05, 4.69) is 21.3 Å². The minimum Gasteiger partial charge on any atom is -0.851 e. The fourth-order valence-corrected chi connectivity index (χ4v) is 8.04. The molecule has 284 valence electrons. The Balaban J connectivity index is 1.25. The van der Waals surface area contributed by atoms with Gasteiger partial charge in [-0.05, 0) is 85.7 Å². The van der Waals surface area contributed by atoms with Crippen molar-refractivity contribution in [2.45, 2.75) is 75.9 Å². The van der Waals surface area contributed by atoms with Gasteiger partial charge in [0, 0.05) is 33.5 Å². The zero-order chi connectivity index (χ0) is 38.3. The van der Waals surface area contributed by atoms with Gasteiger partial charge in [0.1, 0.15) is 0 Å². The molecule has 1 fully saturated rings. The predicted molar refractivity (Wildman–Crippen MR) is 199 cm³/mol. The number of esters is 4. The highest BCUT2D eigenvalue weighted by Crippen LogP contribution is 2.52. The highest BCUT2D eigenvalue weighted by atomic mass is 16.5. The van der Waals surface area contributed by atoms with E-state index < -0.39 is 72.1 Å². The molecule has 5 N–H and O–H groups in total. The molecule has 0 aromatic heterocycles. The van der Waals surface area contributed by atoms with Gasteiger partial charge in [-0.1, -0.05) is 36.4 Å². The van der Waals surface area contributed by atoms with Crippen molar-refractivity contribution in [2.24, 2.45) is 0 Å². The fraction of sp³-hybridized carbons (Fsp3) is 0.400. The van der Waals surface area contributed by atoms with Crippen LogP contribution < -0.4 is 26.4 Å². The second-order valence-corrected chi connectivity index (χ2v) is 13.4. The summed E-state index contributed by atoms with van der Waals surface area (Å²) in [7, 11) is 0. The molecule has 1 saturated carbocycles. The Kier molecular flexibility index (Phi) is 10.2. The lowest BCUT2D eigenvalue weighted by molar-refractivity contribution is -0.462. The number of anilines is 4. The van der Waals surface area contributed by atoms with Crippen LogP contribution in [0, 0.1) is 0 Å². The van der Waals surface area contributed by atoms with Gasteiger partial charge in [0.05, 0.1) is 32.5 Å². The standard InChI is InChI=1S/C40H43N4O10/c1-5-51-37(47)31-33(39(49)53-7-3)43-25-17-15-21(19-11-9-13-23(41-31)27(19)25)29-35(45)30(36(29)46)22-16-18-26-28-20(22)12-10-14-24(28)42-32(38(48)52-6-2)34(44-26)40(50)54-8-4/h9-18,29-36,41-45H,5-8H2,1-4H3/q-1. The lowest BCUT2D eigenvalue weighted by Crippen LogP contribution is -2.58. The van der Waals surface area contributed by atoms with Crippen LogP contribution >= 0.6 is 0 Å². The SMILES string of the molecule is CCOC(=O)C1Nc2cccc3c(C4C([O-])C(c5ccc6c7c(cccc57)NC(C(=O)OCC)C(C(=O)OCC)N6)C4O)ccc(c23)NC1C(=O)OCC. The molecule has 0 bridgehead atoms. The van der Waals surface area contributed by atoms with Gasteiger partial charge in [0.15, 0.2) is 24.2 Å². The number of rotatable bonds is 10. The van der Waals surface area contributed by atoms with Gasteiger partial charge in [-0.2, -0.15) is 0 Å². The molecule has 2 heterocycles. The summed E-state index contributed by atoms with van der Waals surface area (Å²) in [6.07, 6.45) is -2.33. The summed E-state index contributed by atoms with van der Waals surface area (Å²) < 4.78 is 21.2. The average Bonchev–Trinajstić information content (AvgIpc) is 3.44. The van der Waals surface area contributed by atoms with Gasteiger partial charge in [0.25, 0.3) is 0 Å². The van der Waals surface area contributed by atoms with Gasteiger partial charge in [0.2, 0.25) is 0 Å². The third kappa shape index (κ3) is 6.18. The van der Waals surface area contributed by atoms with E-state index in [4.69, 9.17) is 18.9 Å². The van der Waals surface area contributed by atoms with Crippen LogP contribution in [0.4, 0.5) is 22.7 Å².